The highest BCUT2D eigenvalue weighted by molar-refractivity contribution is 5.85. The van der Waals surface area contributed by atoms with E-state index in [1.165, 1.54) is 0 Å². The minimum absolute atomic E-state index is 0. The molecule has 15 heavy (non-hydrogen) atoms. The minimum Gasteiger partial charge on any atom is -0.375 e. The predicted molar refractivity (Wildman–Crippen MR) is 62.1 cm³/mol. The van der Waals surface area contributed by atoms with Gasteiger partial charge in [-0.15, -0.1) is 12.4 Å². The number of carbonyl (C=O) groups is 1. The Kier molecular flexibility index (Phi) is 6.17. The van der Waals surface area contributed by atoms with Crippen molar-refractivity contribution in [2.75, 3.05) is 19.7 Å². The molecule has 1 aliphatic rings. The zero-order chi connectivity index (χ0) is 10.7. The van der Waals surface area contributed by atoms with Crippen LogP contribution >= 0.6 is 12.4 Å². The molecule has 0 aliphatic carbocycles. The van der Waals surface area contributed by atoms with E-state index in [4.69, 9.17) is 10.5 Å². The van der Waals surface area contributed by atoms with E-state index < -0.39 is 0 Å². The summed E-state index contributed by atoms with van der Waals surface area (Å²) in [5.41, 5.74) is 5.48. The molecule has 2 N–H and O–H groups in total. The Labute approximate surface area is 97.5 Å². The Hall–Kier alpha value is -0.320. The van der Waals surface area contributed by atoms with Crippen LogP contribution < -0.4 is 5.73 Å². The van der Waals surface area contributed by atoms with Crippen LogP contribution in [0, 0.1) is 5.92 Å². The van der Waals surface area contributed by atoms with Crippen LogP contribution in [0.2, 0.25) is 0 Å². The largest absolute Gasteiger partial charge is 0.375 e. The van der Waals surface area contributed by atoms with Crippen molar-refractivity contribution in [1.29, 1.82) is 0 Å². The molecular formula is C10H21ClN2O2. The van der Waals surface area contributed by atoms with Crippen LogP contribution in [0.1, 0.15) is 20.8 Å². The lowest BCUT2D eigenvalue weighted by Gasteiger charge is -2.38. The molecule has 1 saturated heterocycles. The topological polar surface area (TPSA) is 55.6 Å². The van der Waals surface area contributed by atoms with E-state index in [-0.39, 0.29) is 36.4 Å². The summed E-state index contributed by atoms with van der Waals surface area (Å²) >= 11 is 0. The Morgan fingerprint density at radius 2 is 2.20 bits per heavy atom. The van der Waals surface area contributed by atoms with Crippen LogP contribution in [-0.4, -0.2) is 42.6 Å². The highest BCUT2D eigenvalue weighted by atomic mass is 35.5. The monoisotopic (exact) mass is 236 g/mol. The fourth-order valence-electron chi connectivity index (χ4n) is 1.59. The van der Waals surface area contributed by atoms with Gasteiger partial charge in [0.2, 0.25) is 5.91 Å². The molecule has 0 saturated carbocycles. The Bertz CT molecular complexity index is 214. The van der Waals surface area contributed by atoms with Gasteiger partial charge in [-0.05, 0) is 13.8 Å². The Balaban J connectivity index is 0.00000196. The summed E-state index contributed by atoms with van der Waals surface area (Å²) in [6.45, 7) is 7.59. The summed E-state index contributed by atoms with van der Waals surface area (Å²) in [7, 11) is 0. The Morgan fingerprint density at radius 3 is 2.73 bits per heavy atom. The number of carbonyl (C=O) groups excluding carboxylic acids is 1. The molecule has 4 nitrogen and oxygen atoms in total. The van der Waals surface area contributed by atoms with Crippen LogP contribution in [0.15, 0.2) is 0 Å². The first kappa shape index (κ1) is 14.7. The van der Waals surface area contributed by atoms with Crippen LogP contribution in [0.4, 0.5) is 0 Å². The van der Waals surface area contributed by atoms with Crippen molar-refractivity contribution >= 4 is 18.3 Å². The lowest BCUT2D eigenvalue weighted by atomic mass is 10.1. The second-order valence-corrected chi connectivity index (χ2v) is 4.12. The quantitative estimate of drug-likeness (QED) is 0.766. The number of nitrogens with zero attached hydrogens (tertiary/aromatic N) is 1. The average Bonchev–Trinajstić information content (AvgIpc) is 2.19. The molecule has 1 amide bonds. The first-order valence-electron chi connectivity index (χ1n) is 5.18. The van der Waals surface area contributed by atoms with Gasteiger partial charge in [-0.1, -0.05) is 6.92 Å². The molecule has 90 valence electrons. The molecule has 0 aromatic carbocycles. The second kappa shape index (κ2) is 6.30. The molecule has 1 rings (SSSR count). The highest BCUT2D eigenvalue weighted by Crippen LogP contribution is 2.14. The van der Waals surface area contributed by atoms with E-state index in [9.17, 15) is 4.79 Å². The molecule has 1 aliphatic heterocycles. The van der Waals surface area contributed by atoms with Gasteiger partial charge in [-0.2, -0.15) is 0 Å². The second-order valence-electron chi connectivity index (χ2n) is 4.12. The molecule has 0 aromatic rings. The van der Waals surface area contributed by atoms with Gasteiger partial charge in [-0.25, -0.2) is 0 Å². The molecule has 5 heteroatoms. The minimum atomic E-state index is -0.0808. The van der Waals surface area contributed by atoms with Crippen molar-refractivity contribution < 1.29 is 9.53 Å². The number of morpholine rings is 1. The van der Waals surface area contributed by atoms with Gasteiger partial charge < -0.3 is 15.4 Å². The van der Waals surface area contributed by atoms with Gasteiger partial charge in [0.05, 0.1) is 18.8 Å². The molecule has 3 unspecified atom stereocenters. The van der Waals surface area contributed by atoms with Crippen LogP contribution in [0.5, 0.6) is 0 Å². The van der Waals surface area contributed by atoms with E-state index in [0.717, 1.165) is 0 Å². The smallest absolute Gasteiger partial charge is 0.227 e. The van der Waals surface area contributed by atoms with Crippen molar-refractivity contribution in [1.82, 2.24) is 4.90 Å². The number of hydrogen-bond acceptors (Lipinski definition) is 3. The van der Waals surface area contributed by atoms with Crippen molar-refractivity contribution in [3.63, 3.8) is 0 Å². The summed E-state index contributed by atoms with van der Waals surface area (Å²) in [6, 6.07) is 0.174. The summed E-state index contributed by atoms with van der Waals surface area (Å²) in [5.74, 6) is 0.0675. The maximum atomic E-state index is 11.9. The van der Waals surface area contributed by atoms with E-state index in [1.54, 1.807) is 0 Å². The molecule has 1 heterocycles. The maximum Gasteiger partial charge on any atom is 0.227 e. The number of halogens is 1. The fourth-order valence-corrected chi connectivity index (χ4v) is 1.59. The van der Waals surface area contributed by atoms with Crippen molar-refractivity contribution in [2.24, 2.45) is 11.7 Å². The third kappa shape index (κ3) is 3.63. The zero-order valence-corrected chi connectivity index (χ0v) is 10.4. The first-order chi connectivity index (χ1) is 6.56. The fraction of sp³-hybridized carbons (Fsp3) is 0.900. The number of nitrogens with two attached hydrogens (primary N) is 1. The van der Waals surface area contributed by atoms with Crippen molar-refractivity contribution in [3.8, 4) is 0 Å². The summed E-state index contributed by atoms with van der Waals surface area (Å²) in [5, 5.41) is 0. The van der Waals surface area contributed by atoms with Crippen LogP contribution in [0.3, 0.4) is 0 Å². The maximum absolute atomic E-state index is 11.9. The third-order valence-electron chi connectivity index (χ3n) is 2.67. The number of amides is 1. The van der Waals surface area contributed by atoms with E-state index in [1.807, 2.05) is 25.7 Å². The van der Waals surface area contributed by atoms with Crippen LogP contribution in [-0.2, 0) is 9.53 Å². The number of ether oxygens (including phenoxy) is 1. The van der Waals surface area contributed by atoms with E-state index in [0.29, 0.717) is 19.7 Å². The molecule has 0 spiro atoms. The molecule has 0 aromatic heterocycles. The lowest BCUT2D eigenvalue weighted by Crippen LogP contribution is -2.52. The number of rotatable bonds is 2. The zero-order valence-electron chi connectivity index (χ0n) is 9.60. The highest BCUT2D eigenvalue weighted by Gasteiger charge is 2.29. The molecule has 1 fully saturated rings. The number of hydrogen-bond donors (Lipinski definition) is 1. The summed E-state index contributed by atoms with van der Waals surface area (Å²) in [4.78, 5) is 13.8. The predicted octanol–water partition coefficient (Wildman–Crippen LogP) is 0.639. The standard InChI is InChI=1S/C10H20N2O2.ClH/c1-7(4-11)10(13)12-5-9(3)14-6-8(12)2;/h7-9H,4-6,11H2,1-3H3;1H. The lowest BCUT2D eigenvalue weighted by molar-refractivity contribution is -0.146. The van der Waals surface area contributed by atoms with Crippen molar-refractivity contribution in [3.05, 3.63) is 0 Å². The van der Waals surface area contributed by atoms with Gasteiger partial charge in [0.25, 0.3) is 0 Å². The summed E-state index contributed by atoms with van der Waals surface area (Å²) < 4.78 is 5.46. The van der Waals surface area contributed by atoms with Gasteiger partial charge in [0, 0.05) is 19.0 Å². The van der Waals surface area contributed by atoms with Gasteiger partial charge in [0.15, 0.2) is 0 Å². The first-order valence-corrected chi connectivity index (χ1v) is 5.18. The molecule has 0 bridgehead atoms. The van der Waals surface area contributed by atoms with Gasteiger partial charge >= 0.3 is 0 Å². The molecular weight excluding hydrogens is 216 g/mol. The SMILES string of the molecule is CC1CN(C(=O)C(C)CN)C(C)CO1.Cl. The van der Waals surface area contributed by atoms with E-state index in [2.05, 4.69) is 0 Å². The molecule has 3 atom stereocenters. The normalized spacial score (nSPS) is 28.1. The van der Waals surface area contributed by atoms with Crippen molar-refractivity contribution in [2.45, 2.75) is 32.9 Å². The van der Waals surface area contributed by atoms with Gasteiger partial charge in [0.1, 0.15) is 0 Å². The van der Waals surface area contributed by atoms with Gasteiger partial charge in [-0.3, -0.25) is 4.79 Å². The third-order valence-corrected chi connectivity index (χ3v) is 2.67. The molecule has 0 radical (unpaired) electrons. The average molecular weight is 237 g/mol. The van der Waals surface area contributed by atoms with Crippen LogP contribution in [0.25, 0.3) is 0 Å². The van der Waals surface area contributed by atoms with E-state index >= 15 is 0 Å². The summed E-state index contributed by atoms with van der Waals surface area (Å²) in [6.07, 6.45) is 0.139. The Morgan fingerprint density at radius 1 is 1.60 bits per heavy atom.